The molecule has 0 radical (unpaired) electrons. The molecule has 2 N–H and O–H groups in total. The summed E-state index contributed by atoms with van der Waals surface area (Å²) in [6.45, 7) is 4.94. The third-order valence-electron chi connectivity index (χ3n) is 2.96. The first-order chi connectivity index (χ1) is 8.62. The maximum Gasteiger partial charge on any atom is 0.155 e. The van der Waals surface area contributed by atoms with Crippen molar-refractivity contribution in [3.05, 3.63) is 29.8 Å². The molecule has 0 saturated carbocycles. The number of rotatable bonds is 5. The van der Waals surface area contributed by atoms with Crippen LogP contribution in [0.1, 0.15) is 32.8 Å². The molecule has 0 saturated heterocycles. The zero-order valence-electron chi connectivity index (χ0n) is 11.6. The predicted octanol–water partition coefficient (Wildman–Crippen LogP) is 1.98. The second-order valence-electron chi connectivity index (χ2n) is 5.64. The highest BCUT2D eigenvalue weighted by Gasteiger charge is 2.28. The van der Waals surface area contributed by atoms with Gasteiger partial charge in [-0.1, -0.05) is 12.1 Å². The molecule has 0 aliphatic rings. The molecule has 0 bridgehead atoms. The van der Waals surface area contributed by atoms with E-state index in [9.17, 15) is 13.2 Å². The van der Waals surface area contributed by atoms with Crippen molar-refractivity contribution in [1.29, 1.82) is 0 Å². The zero-order valence-corrected chi connectivity index (χ0v) is 12.5. The van der Waals surface area contributed by atoms with Crippen LogP contribution in [0.2, 0.25) is 0 Å². The van der Waals surface area contributed by atoms with E-state index in [0.717, 1.165) is 5.56 Å². The van der Waals surface area contributed by atoms with Gasteiger partial charge in [-0.3, -0.25) is 4.79 Å². The van der Waals surface area contributed by atoms with Crippen LogP contribution in [0.5, 0.6) is 0 Å². The Morgan fingerprint density at radius 2 is 1.68 bits per heavy atom. The summed E-state index contributed by atoms with van der Waals surface area (Å²) in [5.41, 5.74) is 7.06. The van der Waals surface area contributed by atoms with Crippen molar-refractivity contribution < 1.29 is 13.2 Å². The van der Waals surface area contributed by atoms with Crippen molar-refractivity contribution >= 4 is 21.3 Å². The molecule has 19 heavy (non-hydrogen) atoms. The molecule has 0 amide bonds. The number of nitrogen functional groups attached to an aromatic ring is 1. The SMILES string of the molecule is CC(C)(C)S(=O)(=O)CCC(=O)Cc1ccc(N)cc1. The number of carbonyl (C=O) groups excluding carboxylic acids is 1. The lowest BCUT2D eigenvalue weighted by molar-refractivity contribution is -0.118. The fourth-order valence-electron chi connectivity index (χ4n) is 1.51. The van der Waals surface area contributed by atoms with Crippen LogP contribution in [0.3, 0.4) is 0 Å². The predicted molar refractivity (Wildman–Crippen MR) is 77.7 cm³/mol. The van der Waals surface area contributed by atoms with Crippen molar-refractivity contribution in [1.82, 2.24) is 0 Å². The van der Waals surface area contributed by atoms with E-state index in [-0.39, 0.29) is 24.4 Å². The highest BCUT2D eigenvalue weighted by molar-refractivity contribution is 7.92. The average Bonchev–Trinajstić information content (AvgIpc) is 2.28. The van der Waals surface area contributed by atoms with Gasteiger partial charge in [0.1, 0.15) is 5.78 Å². The number of carbonyl (C=O) groups is 1. The normalized spacial score (nSPS) is 12.4. The van der Waals surface area contributed by atoms with E-state index in [1.165, 1.54) is 0 Å². The van der Waals surface area contributed by atoms with Gasteiger partial charge in [-0.15, -0.1) is 0 Å². The Morgan fingerprint density at radius 1 is 1.16 bits per heavy atom. The number of hydrogen-bond acceptors (Lipinski definition) is 4. The lowest BCUT2D eigenvalue weighted by atomic mass is 10.1. The molecule has 0 spiro atoms. The van der Waals surface area contributed by atoms with Crippen molar-refractivity contribution in [2.45, 2.75) is 38.4 Å². The molecule has 0 aromatic heterocycles. The maximum absolute atomic E-state index is 11.9. The first kappa shape index (κ1) is 15.7. The van der Waals surface area contributed by atoms with Crippen LogP contribution in [0.15, 0.2) is 24.3 Å². The summed E-state index contributed by atoms with van der Waals surface area (Å²) in [5.74, 6) is -0.165. The fraction of sp³-hybridized carbons (Fsp3) is 0.500. The number of nitrogens with two attached hydrogens (primary N) is 1. The van der Waals surface area contributed by atoms with Crippen LogP contribution in [-0.2, 0) is 21.1 Å². The standard InChI is InChI=1S/C14H21NO3S/c1-14(2,3)19(17,18)9-8-13(16)10-11-4-6-12(15)7-5-11/h4-7H,8-10,15H2,1-3H3. The van der Waals surface area contributed by atoms with Crippen molar-refractivity contribution in [2.24, 2.45) is 0 Å². The Labute approximate surface area is 114 Å². The van der Waals surface area contributed by atoms with Crippen molar-refractivity contribution in [3.63, 3.8) is 0 Å². The Kier molecular flexibility index (Phi) is 4.74. The summed E-state index contributed by atoms with van der Waals surface area (Å²) >= 11 is 0. The molecule has 1 aromatic rings. The van der Waals surface area contributed by atoms with Gasteiger partial charge in [0.25, 0.3) is 0 Å². The van der Waals surface area contributed by atoms with Gasteiger partial charge in [0.2, 0.25) is 0 Å². The minimum absolute atomic E-state index is 0.0595. The Morgan fingerprint density at radius 3 is 2.16 bits per heavy atom. The number of Topliss-reactive ketones (excluding diaryl/α,β-unsaturated/α-hetero) is 1. The molecule has 5 heteroatoms. The second-order valence-corrected chi connectivity index (χ2v) is 8.50. The van der Waals surface area contributed by atoms with E-state index in [4.69, 9.17) is 5.73 Å². The van der Waals surface area contributed by atoms with Crippen molar-refractivity contribution in [2.75, 3.05) is 11.5 Å². The van der Waals surface area contributed by atoms with E-state index >= 15 is 0 Å². The van der Waals surface area contributed by atoms with Gasteiger partial charge in [-0.2, -0.15) is 0 Å². The number of ketones is 1. The van der Waals surface area contributed by atoms with Gasteiger partial charge < -0.3 is 5.73 Å². The van der Waals surface area contributed by atoms with Gasteiger partial charge in [0.05, 0.1) is 10.5 Å². The smallest absolute Gasteiger partial charge is 0.155 e. The highest BCUT2D eigenvalue weighted by atomic mass is 32.2. The van der Waals surface area contributed by atoms with Gasteiger partial charge >= 0.3 is 0 Å². The van der Waals surface area contributed by atoms with Crippen LogP contribution >= 0.6 is 0 Å². The van der Waals surface area contributed by atoms with Crippen LogP contribution in [0.4, 0.5) is 5.69 Å². The van der Waals surface area contributed by atoms with Gasteiger partial charge in [0, 0.05) is 18.5 Å². The molecule has 1 rings (SSSR count). The highest BCUT2D eigenvalue weighted by Crippen LogP contribution is 2.17. The van der Waals surface area contributed by atoms with Crippen LogP contribution in [0, 0.1) is 0 Å². The van der Waals surface area contributed by atoms with E-state index in [0.29, 0.717) is 5.69 Å². The number of anilines is 1. The molecule has 106 valence electrons. The molecular formula is C14H21NO3S. The monoisotopic (exact) mass is 283 g/mol. The van der Waals surface area contributed by atoms with Crippen LogP contribution in [0.25, 0.3) is 0 Å². The minimum Gasteiger partial charge on any atom is -0.399 e. The van der Waals surface area contributed by atoms with Gasteiger partial charge in [0.15, 0.2) is 9.84 Å². The Balaban J connectivity index is 2.56. The van der Waals surface area contributed by atoms with Gasteiger partial charge in [-0.05, 0) is 38.5 Å². The summed E-state index contributed by atoms with van der Waals surface area (Å²) in [4.78, 5) is 11.8. The van der Waals surface area contributed by atoms with E-state index in [1.54, 1.807) is 45.0 Å². The zero-order chi connectivity index (χ0) is 14.7. The average molecular weight is 283 g/mol. The molecule has 0 heterocycles. The van der Waals surface area contributed by atoms with Gasteiger partial charge in [-0.25, -0.2) is 8.42 Å². The lowest BCUT2D eigenvalue weighted by Crippen LogP contribution is -2.31. The molecule has 0 aliphatic carbocycles. The molecule has 0 unspecified atom stereocenters. The minimum atomic E-state index is -3.23. The Bertz CT molecular complexity index is 539. The summed E-state index contributed by atoms with van der Waals surface area (Å²) in [5, 5.41) is 0. The number of sulfone groups is 1. The van der Waals surface area contributed by atoms with Crippen LogP contribution in [-0.4, -0.2) is 24.7 Å². The molecule has 0 fully saturated rings. The van der Waals surface area contributed by atoms with E-state index in [1.807, 2.05) is 0 Å². The summed E-state index contributed by atoms with van der Waals surface area (Å²) in [6, 6.07) is 7.03. The first-order valence-electron chi connectivity index (χ1n) is 6.20. The molecule has 0 atom stereocenters. The second kappa shape index (κ2) is 5.74. The largest absolute Gasteiger partial charge is 0.399 e. The third kappa shape index (κ3) is 4.67. The Hall–Kier alpha value is -1.36. The molecule has 0 aliphatic heterocycles. The summed E-state index contributed by atoms with van der Waals surface area (Å²) in [7, 11) is -3.23. The van der Waals surface area contributed by atoms with E-state index in [2.05, 4.69) is 0 Å². The molecule has 4 nitrogen and oxygen atoms in total. The maximum atomic E-state index is 11.9. The lowest BCUT2D eigenvalue weighted by Gasteiger charge is -2.18. The number of hydrogen-bond donors (Lipinski definition) is 1. The number of benzene rings is 1. The summed E-state index contributed by atoms with van der Waals surface area (Å²) in [6.07, 6.45) is 0.309. The molecule has 1 aromatic carbocycles. The molecular weight excluding hydrogens is 262 g/mol. The van der Waals surface area contributed by atoms with Crippen molar-refractivity contribution in [3.8, 4) is 0 Å². The summed E-state index contributed by atoms with van der Waals surface area (Å²) < 4.78 is 23.0. The first-order valence-corrected chi connectivity index (χ1v) is 7.85. The fourth-order valence-corrected chi connectivity index (χ4v) is 2.61. The topological polar surface area (TPSA) is 77.2 Å². The van der Waals surface area contributed by atoms with Crippen LogP contribution < -0.4 is 5.73 Å². The third-order valence-corrected chi connectivity index (χ3v) is 5.57. The quantitative estimate of drug-likeness (QED) is 0.838. The van der Waals surface area contributed by atoms with E-state index < -0.39 is 14.6 Å².